The summed E-state index contributed by atoms with van der Waals surface area (Å²) in [6.45, 7) is 4.11. The molecule has 7 nitrogen and oxygen atoms in total. The molecular formula is C19H27N3O4. The van der Waals surface area contributed by atoms with Crippen LogP contribution in [0.3, 0.4) is 0 Å². The number of hydrogen-bond donors (Lipinski definition) is 1. The lowest BCUT2D eigenvalue weighted by molar-refractivity contribution is -0.135. The van der Waals surface area contributed by atoms with Crippen LogP contribution in [0, 0.1) is 0 Å². The van der Waals surface area contributed by atoms with E-state index in [1.165, 1.54) is 4.90 Å². The van der Waals surface area contributed by atoms with Gasteiger partial charge in [0.1, 0.15) is 11.3 Å². The standard InChI is InChI=1S/C19H27N3O4/c1-19(2)17(24)21(18(25)20-19)11-5-10-16(23)22(14-7-3-4-8-14)13-15-9-6-12-26-15/h6,9,12,14H,3-5,7-8,10-11,13H2,1-2H3,(H,20,25). The van der Waals surface area contributed by atoms with Crippen molar-refractivity contribution in [3.63, 3.8) is 0 Å². The second kappa shape index (κ2) is 7.51. The first kappa shape index (κ1) is 18.5. The number of hydrogen-bond acceptors (Lipinski definition) is 4. The third-order valence-electron chi connectivity index (χ3n) is 5.21. The van der Waals surface area contributed by atoms with Gasteiger partial charge < -0.3 is 14.6 Å². The lowest BCUT2D eigenvalue weighted by Crippen LogP contribution is -2.40. The molecule has 2 heterocycles. The van der Waals surface area contributed by atoms with Crippen LogP contribution in [0.4, 0.5) is 4.79 Å². The summed E-state index contributed by atoms with van der Waals surface area (Å²) in [5.41, 5.74) is -0.865. The van der Waals surface area contributed by atoms with Crippen LogP contribution in [0.1, 0.15) is 58.1 Å². The van der Waals surface area contributed by atoms with E-state index in [9.17, 15) is 14.4 Å². The van der Waals surface area contributed by atoms with Gasteiger partial charge in [0.2, 0.25) is 5.91 Å². The maximum atomic E-state index is 12.8. The molecule has 1 N–H and O–H groups in total. The Labute approximate surface area is 153 Å². The summed E-state index contributed by atoms with van der Waals surface area (Å²) in [6.07, 6.45) is 6.73. The number of amides is 4. The average molecular weight is 361 g/mol. The Balaban J connectivity index is 1.56. The third kappa shape index (κ3) is 3.92. The molecule has 0 unspecified atom stereocenters. The molecule has 1 aliphatic heterocycles. The predicted octanol–water partition coefficient (Wildman–Crippen LogP) is 2.66. The Morgan fingerprint density at radius 3 is 2.65 bits per heavy atom. The van der Waals surface area contributed by atoms with E-state index in [1.54, 1.807) is 20.1 Å². The van der Waals surface area contributed by atoms with Crippen LogP contribution in [-0.4, -0.2) is 45.8 Å². The highest BCUT2D eigenvalue weighted by Crippen LogP contribution is 2.26. The summed E-state index contributed by atoms with van der Waals surface area (Å²) < 4.78 is 5.41. The van der Waals surface area contributed by atoms with Crippen molar-refractivity contribution >= 4 is 17.8 Å². The van der Waals surface area contributed by atoms with Gasteiger partial charge in [-0.05, 0) is 45.2 Å². The molecule has 26 heavy (non-hydrogen) atoms. The van der Waals surface area contributed by atoms with E-state index in [0.29, 0.717) is 19.4 Å². The summed E-state index contributed by atoms with van der Waals surface area (Å²) in [5.74, 6) is 0.596. The molecule has 1 aromatic rings. The first-order chi connectivity index (χ1) is 12.4. The van der Waals surface area contributed by atoms with E-state index in [-0.39, 0.29) is 30.4 Å². The summed E-state index contributed by atoms with van der Waals surface area (Å²) in [5, 5.41) is 2.66. The maximum Gasteiger partial charge on any atom is 0.325 e. The highest BCUT2D eigenvalue weighted by molar-refractivity contribution is 6.06. The second-order valence-electron chi connectivity index (χ2n) is 7.65. The highest BCUT2D eigenvalue weighted by Gasteiger charge is 2.43. The molecule has 2 aliphatic rings. The monoisotopic (exact) mass is 361 g/mol. The highest BCUT2D eigenvalue weighted by atomic mass is 16.3. The molecule has 4 amide bonds. The molecule has 1 aromatic heterocycles. The van der Waals surface area contributed by atoms with Gasteiger partial charge in [0, 0.05) is 19.0 Å². The zero-order chi connectivity index (χ0) is 18.7. The number of imide groups is 1. The molecule has 142 valence electrons. The van der Waals surface area contributed by atoms with Gasteiger partial charge in [0.25, 0.3) is 5.91 Å². The Morgan fingerprint density at radius 2 is 2.08 bits per heavy atom. The number of carbonyl (C=O) groups excluding carboxylic acids is 3. The van der Waals surface area contributed by atoms with E-state index in [4.69, 9.17) is 4.42 Å². The minimum atomic E-state index is -0.865. The van der Waals surface area contributed by atoms with Crippen LogP contribution in [-0.2, 0) is 16.1 Å². The Morgan fingerprint density at radius 1 is 1.35 bits per heavy atom. The van der Waals surface area contributed by atoms with E-state index in [2.05, 4.69) is 5.32 Å². The normalized spacial score (nSPS) is 19.8. The van der Waals surface area contributed by atoms with Crippen LogP contribution in [0.5, 0.6) is 0 Å². The van der Waals surface area contributed by atoms with Crippen molar-refractivity contribution in [3.8, 4) is 0 Å². The molecule has 1 saturated heterocycles. The molecule has 0 atom stereocenters. The van der Waals surface area contributed by atoms with Crippen molar-refractivity contribution in [1.29, 1.82) is 0 Å². The maximum absolute atomic E-state index is 12.8. The van der Waals surface area contributed by atoms with Gasteiger partial charge in [-0.15, -0.1) is 0 Å². The number of furan rings is 1. The van der Waals surface area contributed by atoms with Gasteiger partial charge in [0.15, 0.2) is 0 Å². The van der Waals surface area contributed by atoms with Crippen LogP contribution < -0.4 is 5.32 Å². The largest absolute Gasteiger partial charge is 0.467 e. The molecule has 1 saturated carbocycles. The van der Waals surface area contributed by atoms with Crippen molar-refractivity contribution < 1.29 is 18.8 Å². The van der Waals surface area contributed by atoms with Crippen molar-refractivity contribution in [2.75, 3.05) is 6.54 Å². The molecule has 7 heteroatoms. The van der Waals surface area contributed by atoms with E-state index in [0.717, 1.165) is 31.4 Å². The lowest BCUT2D eigenvalue weighted by atomic mass is 10.1. The number of rotatable bonds is 7. The van der Waals surface area contributed by atoms with Crippen LogP contribution in [0.2, 0.25) is 0 Å². The lowest BCUT2D eigenvalue weighted by Gasteiger charge is -2.28. The van der Waals surface area contributed by atoms with Crippen molar-refractivity contribution in [2.24, 2.45) is 0 Å². The minimum Gasteiger partial charge on any atom is -0.467 e. The van der Waals surface area contributed by atoms with Gasteiger partial charge in [-0.2, -0.15) is 0 Å². The fourth-order valence-electron chi connectivity index (χ4n) is 3.76. The van der Waals surface area contributed by atoms with Gasteiger partial charge in [-0.1, -0.05) is 12.8 Å². The van der Waals surface area contributed by atoms with Crippen LogP contribution >= 0.6 is 0 Å². The summed E-state index contributed by atoms with van der Waals surface area (Å²) in [4.78, 5) is 40.0. The molecule has 3 rings (SSSR count). The molecule has 2 fully saturated rings. The quantitative estimate of drug-likeness (QED) is 0.757. The number of carbonyl (C=O) groups is 3. The van der Waals surface area contributed by atoms with Gasteiger partial charge in [-0.3, -0.25) is 14.5 Å². The third-order valence-corrected chi connectivity index (χ3v) is 5.21. The van der Waals surface area contributed by atoms with E-state index in [1.807, 2.05) is 17.0 Å². The smallest absolute Gasteiger partial charge is 0.325 e. The number of urea groups is 1. The van der Waals surface area contributed by atoms with Gasteiger partial charge >= 0.3 is 6.03 Å². The SMILES string of the molecule is CC1(C)NC(=O)N(CCCC(=O)N(Cc2ccco2)C2CCCC2)C1=O. The molecule has 0 radical (unpaired) electrons. The Bertz CT molecular complexity index is 662. The first-order valence-electron chi connectivity index (χ1n) is 9.34. The van der Waals surface area contributed by atoms with E-state index < -0.39 is 5.54 Å². The predicted molar refractivity (Wildman–Crippen MR) is 95.1 cm³/mol. The number of nitrogens with one attached hydrogen (secondary N) is 1. The molecule has 0 bridgehead atoms. The van der Waals surface area contributed by atoms with Crippen molar-refractivity contribution in [1.82, 2.24) is 15.1 Å². The molecule has 0 aromatic carbocycles. The van der Waals surface area contributed by atoms with Crippen LogP contribution in [0.15, 0.2) is 22.8 Å². The zero-order valence-corrected chi connectivity index (χ0v) is 15.5. The van der Waals surface area contributed by atoms with E-state index >= 15 is 0 Å². The minimum absolute atomic E-state index is 0.0552. The van der Waals surface area contributed by atoms with Crippen molar-refractivity contribution in [2.45, 2.75) is 70.5 Å². The van der Waals surface area contributed by atoms with Gasteiger partial charge in [-0.25, -0.2) is 4.79 Å². The average Bonchev–Trinajstić information content (AvgIpc) is 3.30. The molecule has 0 spiro atoms. The summed E-state index contributed by atoms with van der Waals surface area (Å²) in [7, 11) is 0. The topological polar surface area (TPSA) is 82.9 Å². The first-order valence-corrected chi connectivity index (χ1v) is 9.34. The molecular weight excluding hydrogens is 334 g/mol. The van der Waals surface area contributed by atoms with Crippen molar-refractivity contribution in [3.05, 3.63) is 24.2 Å². The summed E-state index contributed by atoms with van der Waals surface area (Å²) in [6, 6.07) is 3.58. The second-order valence-corrected chi connectivity index (χ2v) is 7.65. The fourth-order valence-corrected chi connectivity index (χ4v) is 3.76. The van der Waals surface area contributed by atoms with Crippen LogP contribution in [0.25, 0.3) is 0 Å². The summed E-state index contributed by atoms with van der Waals surface area (Å²) >= 11 is 0. The fraction of sp³-hybridized carbons (Fsp3) is 0.632. The number of nitrogens with zero attached hydrogens (tertiary/aromatic N) is 2. The Hall–Kier alpha value is -2.31. The molecule has 1 aliphatic carbocycles. The van der Waals surface area contributed by atoms with Gasteiger partial charge in [0.05, 0.1) is 12.8 Å². The Kier molecular flexibility index (Phi) is 5.34. The zero-order valence-electron chi connectivity index (χ0n) is 15.5.